The lowest BCUT2D eigenvalue weighted by atomic mass is 10.2. The van der Waals surface area contributed by atoms with Gasteiger partial charge in [0.1, 0.15) is 0 Å². The third-order valence-corrected chi connectivity index (χ3v) is 3.21. The van der Waals surface area contributed by atoms with Gasteiger partial charge < -0.3 is 5.32 Å². The number of nitrogens with zero attached hydrogens (tertiary/aromatic N) is 1. The Kier molecular flexibility index (Phi) is 2.87. The fraction of sp³-hybridized carbons (Fsp3) is 0.0909. The Bertz CT molecular complexity index is 548. The van der Waals surface area contributed by atoms with Crippen LogP contribution in [0.2, 0.25) is 0 Å². The largest absolute Gasteiger partial charge is 0.373 e. The zero-order valence-corrected chi connectivity index (χ0v) is 9.29. The summed E-state index contributed by atoms with van der Waals surface area (Å²) >= 11 is 1.58. The number of nitro groups is 1. The lowest BCUT2D eigenvalue weighted by molar-refractivity contribution is -0.384. The molecular weight excluding hydrogens is 224 g/mol. The van der Waals surface area contributed by atoms with Gasteiger partial charge in [-0.2, -0.15) is 0 Å². The van der Waals surface area contributed by atoms with Crippen LogP contribution in [0.3, 0.4) is 0 Å². The van der Waals surface area contributed by atoms with Gasteiger partial charge in [-0.25, -0.2) is 0 Å². The number of hydrogen-bond acceptors (Lipinski definition) is 4. The summed E-state index contributed by atoms with van der Waals surface area (Å²) in [6.45, 7) is 4.31. The molecule has 0 aliphatic carbocycles. The monoisotopic (exact) mass is 234 g/mol. The van der Waals surface area contributed by atoms with Crippen LogP contribution in [0.5, 0.6) is 0 Å². The third-order valence-electron chi connectivity index (χ3n) is 2.13. The van der Waals surface area contributed by atoms with Crippen LogP contribution in [-0.4, -0.2) is 11.5 Å². The van der Waals surface area contributed by atoms with Crippen molar-refractivity contribution in [3.8, 4) is 0 Å². The number of benzene rings is 1. The first-order valence-corrected chi connectivity index (χ1v) is 5.55. The maximum Gasteiger partial charge on any atom is 0.270 e. The van der Waals surface area contributed by atoms with Crippen molar-refractivity contribution in [3.05, 3.63) is 47.0 Å². The summed E-state index contributed by atoms with van der Waals surface area (Å²) in [4.78, 5) is 10.2. The number of fused-ring (bicyclic) bond motifs is 1. The minimum atomic E-state index is -0.381. The first-order valence-electron chi connectivity index (χ1n) is 4.73. The van der Waals surface area contributed by atoms with Crippen LogP contribution in [0.25, 0.3) is 10.1 Å². The number of nitro benzene ring substituents is 1. The molecule has 5 heteroatoms. The zero-order chi connectivity index (χ0) is 11.5. The molecule has 0 amide bonds. The fourth-order valence-corrected chi connectivity index (χ4v) is 2.35. The molecule has 1 aromatic heterocycles. The minimum absolute atomic E-state index is 0.126. The Hall–Kier alpha value is -1.88. The molecule has 0 radical (unpaired) electrons. The highest BCUT2D eigenvalue weighted by atomic mass is 32.1. The molecule has 0 bridgehead atoms. The smallest absolute Gasteiger partial charge is 0.270 e. The molecule has 2 rings (SSSR count). The number of rotatable bonds is 4. The second-order valence-electron chi connectivity index (χ2n) is 3.26. The normalized spacial score (nSPS) is 10.2. The van der Waals surface area contributed by atoms with Crippen LogP contribution < -0.4 is 5.32 Å². The van der Waals surface area contributed by atoms with Crippen LogP contribution in [-0.2, 0) is 0 Å². The lowest BCUT2D eigenvalue weighted by Gasteiger charge is -1.94. The van der Waals surface area contributed by atoms with Crippen molar-refractivity contribution in [2.24, 2.45) is 0 Å². The molecule has 4 nitrogen and oxygen atoms in total. The highest BCUT2D eigenvalue weighted by Gasteiger charge is 2.08. The maximum atomic E-state index is 10.6. The van der Waals surface area contributed by atoms with E-state index in [1.54, 1.807) is 29.5 Å². The van der Waals surface area contributed by atoms with Gasteiger partial charge >= 0.3 is 0 Å². The van der Waals surface area contributed by atoms with Gasteiger partial charge in [-0.05, 0) is 12.1 Å². The standard InChI is InChI=1S/C11H10N2O2S/c1-2-5-12-11-7-8-6-9(13(14)15)3-4-10(8)16-11/h2-4,6-7,12H,1,5H2. The Balaban J connectivity index is 2.37. The van der Waals surface area contributed by atoms with Gasteiger partial charge in [-0.15, -0.1) is 17.9 Å². The van der Waals surface area contributed by atoms with Gasteiger partial charge in [0.15, 0.2) is 0 Å². The van der Waals surface area contributed by atoms with E-state index < -0.39 is 0 Å². The molecule has 0 fully saturated rings. The van der Waals surface area contributed by atoms with Crippen LogP contribution in [0.15, 0.2) is 36.9 Å². The zero-order valence-electron chi connectivity index (χ0n) is 8.47. The molecule has 0 saturated heterocycles. The Morgan fingerprint density at radius 2 is 2.31 bits per heavy atom. The van der Waals surface area contributed by atoms with Gasteiger partial charge in [-0.3, -0.25) is 10.1 Å². The van der Waals surface area contributed by atoms with Crippen LogP contribution in [0.1, 0.15) is 0 Å². The van der Waals surface area contributed by atoms with Crippen molar-refractivity contribution >= 4 is 32.1 Å². The number of hydrogen-bond donors (Lipinski definition) is 1. The van der Waals surface area contributed by atoms with E-state index >= 15 is 0 Å². The molecule has 0 unspecified atom stereocenters. The molecular formula is C11H10N2O2S. The fourth-order valence-electron chi connectivity index (χ4n) is 1.40. The van der Waals surface area contributed by atoms with Crippen molar-refractivity contribution < 1.29 is 4.92 Å². The predicted octanol–water partition coefficient (Wildman–Crippen LogP) is 3.41. The molecule has 0 aliphatic heterocycles. The molecule has 1 aromatic carbocycles. The van der Waals surface area contributed by atoms with E-state index in [-0.39, 0.29) is 10.6 Å². The summed E-state index contributed by atoms with van der Waals surface area (Å²) in [5, 5.41) is 15.7. The van der Waals surface area contributed by atoms with E-state index in [1.165, 1.54) is 6.07 Å². The van der Waals surface area contributed by atoms with E-state index in [0.717, 1.165) is 15.1 Å². The summed E-state index contributed by atoms with van der Waals surface area (Å²) in [6.07, 6.45) is 1.77. The van der Waals surface area contributed by atoms with Gasteiger partial charge in [-0.1, -0.05) is 6.08 Å². The Morgan fingerprint density at radius 3 is 3.00 bits per heavy atom. The molecule has 16 heavy (non-hydrogen) atoms. The van der Waals surface area contributed by atoms with E-state index in [0.29, 0.717) is 6.54 Å². The number of nitrogens with one attached hydrogen (secondary N) is 1. The molecule has 2 aromatic rings. The van der Waals surface area contributed by atoms with E-state index in [4.69, 9.17) is 0 Å². The quantitative estimate of drug-likeness (QED) is 0.501. The highest BCUT2D eigenvalue weighted by molar-refractivity contribution is 7.22. The molecule has 1 heterocycles. The molecule has 0 spiro atoms. The Morgan fingerprint density at radius 1 is 1.50 bits per heavy atom. The summed E-state index contributed by atoms with van der Waals surface area (Å²) in [5.74, 6) is 0. The first-order chi connectivity index (χ1) is 7.70. The first kappa shape index (κ1) is 10.6. The summed E-state index contributed by atoms with van der Waals surface area (Å²) in [7, 11) is 0. The lowest BCUT2D eigenvalue weighted by Crippen LogP contribution is -1.93. The van der Waals surface area contributed by atoms with Crippen molar-refractivity contribution in [2.45, 2.75) is 0 Å². The average molecular weight is 234 g/mol. The van der Waals surface area contributed by atoms with E-state index in [9.17, 15) is 10.1 Å². The van der Waals surface area contributed by atoms with E-state index in [2.05, 4.69) is 11.9 Å². The second kappa shape index (κ2) is 4.32. The maximum absolute atomic E-state index is 10.6. The SMILES string of the molecule is C=CCNc1cc2cc([N+](=O)[O-])ccc2s1. The summed E-state index contributed by atoms with van der Waals surface area (Å²) in [5.41, 5.74) is 0.126. The third kappa shape index (κ3) is 2.04. The van der Waals surface area contributed by atoms with Crippen LogP contribution >= 0.6 is 11.3 Å². The van der Waals surface area contributed by atoms with Crippen molar-refractivity contribution in [1.29, 1.82) is 0 Å². The Labute approximate surface area is 96.4 Å². The second-order valence-corrected chi connectivity index (χ2v) is 4.34. The molecule has 0 aliphatic rings. The predicted molar refractivity (Wildman–Crippen MR) is 67.2 cm³/mol. The molecule has 82 valence electrons. The molecule has 0 saturated carbocycles. The number of anilines is 1. The molecule has 1 N–H and O–H groups in total. The van der Waals surface area contributed by atoms with Crippen LogP contribution in [0.4, 0.5) is 10.7 Å². The van der Waals surface area contributed by atoms with Crippen molar-refractivity contribution in [1.82, 2.24) is 0 Å². The highest BCUT2D eigenvalue weighted by Crippen LogP contribution is 2.31. The van der Waals surface area contributed by atoms with Gasteiger partial charge in [0.25, 0.3) is 5.69 Å². The van der Waals surface area contributed by atoms with Gasteiger partial charge in [0.2, 0.25) is 0 Å². The van der Waals surface area contributed by atoms with Crippen molar-refractivity contribution in [2.75, 3.05) is 11.9 Å². The minimum Gasteiger partial charge on any atom is -0.373 e. The number of thiophene rings is 1. The van der Waals surface area contributed by atoms with Crippen LogP contribution in [0, 0.1) is 10.1 Å². The topological polar surface area (TPSA) is 55.2 Å². The molecule has 0 atom stereocenters. The summed E-state index contributed by atoms with van der Waals surface area (Å²) in [6, 6.07) is 6.80. The van der Waals surface area contributed by atoms with Gasteiger partial charge in [0.05, 0.1) is 9.92 Å². The van der Waals surface area contributed by atoms with Gasteiger partial charge in [0, 0.05) is 28.8 Å². The van der Waals surface area contributed by atoms with Crippen molar-refractivity contribution in [3.63, 3.8) is 0 Å². The summed E-state index contributed by atoms with van der Waals surface area (Å²) < 4.78 is 1.04. The average Bonchev–Trinajstić information content (AvgIpc) is 2.67. The van der Waals surface area contributed by atoms with E-state index in [1.807, 2.05) is 6.07 Å². The number of non-ortho nitro benzene ring substituents is 1.